The van der Waals surface area contributed by atoms with Gasteiger partial charge in [0.15, 0.2) is 0 Å². The Morgan fingerprint density at radius 1 is 1.15 bits per heavy atom. The molecule has 80 valence electrons. The Morgan fingerprint density at radius 3 is 2.00 bits per heavy atom. The van der Waals surface area contributed by atoms with Gasteiger partial charge in [0.2, 0.25) is 0 Å². The van der Waals surface area contributed by atoms with Crippen molar-refractivity contribution in [2.24, 2.45) is 5.41 Å². The van der Waals surface area contributed by atoms with E-state index in [0.29, 0.717) is 11.5 Å². The summed E-state index contributed by atoms with van der Waals surface area (Å²) < 4.78 is 0. The highest BCUT2D eigenvalue weighted by atomic mass is 15.1. The van der Waals surface area contributed by atoms with E-state index in [4.69, 9.17) is 0 Å². The molecule has 0 fully saturated rings. The van der Waals surface area contributed by atoms with Gasteiger partial charge < -0.3 is 4.90 Å². The van der Waals surface area contributed by atoms with Crippen molar-refractivity contribution in [1.29, 1.82) is 0 Å². The molecular weight excluding hydrogens is 158 g/mol. The molecular formula is C12H27N. The Kier molecular flexibility index (Phi) is 5.62. The van der Waals surface area contributed by atoms with Gasteiger partial charge in [0.1, 0.15) is 0 Å². The van der Waals surface area contributed by atoms with E-state index in [1.165, 1.54) is 25.9 Å². The van der Waals surface area contributed by atoms with E-state index in [1.54, 1.807) is 0 Å². The third-order valence-corrected chi connectivity index (χ3v) is 3.17. The monoisotopic (exact) mass is 185 g/mol. The maximum atomic E-state index is 2.54. The number of rotatable bonds is 6. The van der Waals surface area contributed by atoms with Crippen LogP contribution in [0, 0.1) is 5.41 Å². The number of nitrogens with zero attached hydrogens (tertiary/aromatic N) is 1. The molecule has 0 rings (SSSR count). The Bertz CT molecular complexity index is 127. The summed E-state index contributed by atoms with van der Waals surface area (Å²) in [6.07, 6.45) is 2.60. The Balaban J connectivity index is 3.85. The standard InChI is InChI=1S/C12H27N/c1-7-12(5,6)9-10-13(8-2)11(3)4/h11H,7-10H2,1-6H3. The second-order valence-electron chi connectivity index (χ2n) is 4.99. The summed E-state index contributed by atoms with van der Waals surface area (Å²) in [4.78, 5) is 2.54. The summed E-state index contributed by atoms with van der Waals surface area (Å²) in [5.74, 6) is 0. The maximum Gasteiger partial charge on any atom is 0.00384 e. The SMILES string of the molecule is CCN(CCC(C)(C)CC)C(C)C. The van der Waals surface area contributed by atoms with Crippen LogP contribution in [0.15, 0.2) is 0 Å². The van der Waals surface area contributed by atoms with E-state index in [-0.39, 0.29) is 0 Å². The topological polar surface area (TPSA) is 3.24 Å². The molecule has 0 aliphatic rings. The van der Waals surface area contributed by atoms with Gasteiger partial charge in [0.25, 0.3) is 0 Å². The van der Waals surface area contributed by atoms with Crippen LogP contribution in [0.5, 0.6) is 0 Å². The van der Waals surface area contributed by atoms with Crippen molar-refractivity contribution in [2.75, 3.05) is 13.1 Å². The summed E-state index contributed by atoms with van der Waals surface area (Å²) in [7, 11) is 0. The zero-order valence-corrected chi connectivity index (χ0v) is 10.4. The lowest BCUT2D eigenvalue weighted by atomic mass is 9.86. The molecule has 0 N–H and O–H groups in total. The molecule has 0 aliphatic heterocycles. The molecule has 0 radical (unpaired) electrons. The Labute approximate surface area is 84.5 Å². The molecule has 1 heteroatoms. The van der Waals surface area contributed by atoms with Gasteiger partial charge in [-0.3, -0.25) is 0 Å². The fourth-order valence-corrected chi connectivity index (χ4v) is 1.40. The largest absolute Gasteiger partial charge is 0.301 e. The third-order valence-electron chi connectivity index (χ3n) is 3.17. The summed E-state index contributed by atoms with van der Waals surface area (Å²) in [6.45, 7) is 16.2. The van der Waals surface area contributed by atoms with E-state index in [1.807, 2.05) is 0 Å². The average molecular weight is 185 g/mol. The number of hydrogen-bond acceptors (Lipinski definition) is 1. The van der Waals surface area contributed by atoms with E-state index < -0.39 is 0 Å². The summed E-state index contributed by atoms with van der Waals surface area (Å²) in [5, 5.41) is 0. The fraction of sp³-hybridized carbons (Fsp3) is 1.00. The number of hydrogen-bond donors (Lipinski definition) is 0. The summed E-state index contributed by atoms with van der Waals surface area (Å²) >= 11 is 0. The van der Waals surface area contributed by atoms with Crippen molar-refractivity contribution in [3.05, 3.63) is 0 Å². The zero-order valence-electron chi connectivity index (χ0n) is 10.4. The van der Waals surface area contributed by atoms with Crippen LogP contribution in [0.4, 0.5) is 0 Å². The van der Waals surface area contributed by atoms with Crippen LogP contribution in [0.3, 0.4) is 0 Å². The smallest absolute Gasteiger partial charge is 0.00384 e. The van der Waals surface area contributed by atoms with Crippen LogP contribution in [-0.4, -0.2) is 24.0 Å². The third kappa shape index (κ3) is 5.30. The Hall–Kier alpha value is -0.0400. The van der Waals surface area contributed by atoms with Crippen molar-refractivity contribution in [3.8, 4) is 0 Å². The Morgan fingerprint density at radius 2 is 1.69 bits per heavy atom. The summed E-state index contributed by atoms with van der Waals surface area (Å²) in [5.41, 5.74) is 0.516. The molecule has 0 spiro atoms. The molecule has 0 atom stereocenters. The summed E-state index contributed by atoms with van der Waals surface area (Å²) in [6, 6.07) is 0.692. The normalized spacial score (nSPS) is 12.9. The highest BCUT2D eigenvalue weighted by Gasteiger charge is 2.17. The zero-order chi connectivity index (χ0) is 10.5. The predicted octanol–water partition coefficient (Wildman–Crippen LogP) is 3.54. The van der Waals surface area contributed by atoms with Gasteiger partial charge >= 0.3 is 0 Å². The van der Waals surface area contributed by atoms with Crippen LogP contribution in [0.2, 0.25) is 0 Å². The minimum absolute atomic E-state index is 0.516. The van der Waals surface area contributed by atoms with Crippen LogP contribution in [-0.2, 0) is 0 Å². The van der Waals surface area contributed by atoms with E-state index >= 15 is 0 Å². The molecule has 0 aromatic heterocycles. The fourth-order valence-electron chi connectivity index (χ4n) is 1.40. The molecule has 0 amide bonds. The highest BCUT2D eigenvalue weighted by molar-refractivity contribution is 4.70. The van der Waals surface area contributed by atoms with Gasteiger partial charge in [-0.25, -0.2) is 0 Å². The maximum absolute atomic E-state index is 2.54. The lowest BCUT2D eigenvalue weighted by molar-refractivity contribution is 0.187. The first kappa shape index (κ1) is 13.0. The molecule has 0 aliphatic carbocycles. The molecule has 1 nitrogen and oxygen atoms in total. The quantitative estimate of drug-likeness (QED) is 0.612. The van der Waals surface area contributed by atoms with Crippen molar-refractivity contribution in [3.63, 3.8) is 0 Å². The van der Waals surface area contributed by atoms with Gasteiger partial charge in [0, 0.05) is 6.04 Å². The first-order valence-corrected chi connectivity index (χ1v) is 5.67. The van der Waals surface area contributed by atoms with Gasteiger partial charge in [-0.1, -0.05) is 34.1 Å². The van der Waals surface area contributed by atoms with Crippen molar-refractivity contribution in [1.82, 2.24) is 4.90 Å². The van der Waals surface area contributed by atoms with E-state index in [2.05, 4.69) is 46.4 Å². The molecule has 0 saturated carbocycles. The lowest BCUT2D eigenvalue weighted by Crippen LogP contribution is -2.33. The second kappa shape index (κ2) is 5.64. The van der Waals surface area contributed by atoms with Crippen LogP contribution >= 0.6 is 0 Å². The minimum Gasteiger partial charge on any atom is -0.301 e. The van der Waals surface area contributed by atoms with E-state index in [9.17, 15) is 0 Å². The van der Waals surface area contributed by atoms with Gasteiger partial charge in [-0.05, 0) is 38.8 Å². The lowest BCUT2D eigenvalue weighted by Gasteiger charge is -2.30. The molecule has 0 heterocycles. The average Bonchev–Trinajstić information content (AvgIpc) is 2.05. The van der Waals surface area contributed by atoms with Crippen molar-refractivity contribution < 1.29 is 0 Å². The highest BCUT2D eigenvalue weighted by Crippen LogP contribution is 2.24. The van der Waals surface area contributed by atoms with Crippen molar-refractivity contribution in [2.45, 2.75) is 60.4 Å². The van der Waals surface area contributed by atoms with Crippen molar-refractivity contribution >= 4 is 0 Å². The predicted molar refractivity (Wildman–Crippen MR) is 61.1 cm³/mol. The minimum atomic E-state index is 0.516. The van der Waals surface area contributed by atoms with Crippen LogP contribution < -0.4 is 0 Å². The van der Waals surface area contributed by atoms with Gasteiger partial charge in [0.05, 0.1) is 0 Å². The first-order chi connectivity index (χ1) is 5.93. The molecule has 0 bridgehead atoms. The van der Waals surface area contributed by atoms with E-state index in [0.717, 1.165) is 0 Å². The molecule has 13 heavy (non-hydrogen) atoms. The molecule has 0 unspecified atom stereocenters. The molecule has 0 aromatic rings. The molecule has 0 aromatic carbocycles. The molecule has 0 saturated heterocycles. The van der Waals surface area contributed by atoms with Crippen LogP contribution in [0.25, 0.3) is 0 Å². The van der Waals surface area contributed by atoms with Gasteiger partial charge in [-0.2, -0.15) is 0 Å². The van der Waals surface area contributed by atoms with Gasteiger partial charge in [-0.15, -0.1) is 0 Å². The van der Waals surface area contributed by atoms with Crippen LogP contribution in [0.1, 0.15) is 54.4 Å². The first-order valence-electron chi connectivity index (χ1n) is 5.67. The second-order valence-corrected chi connectivity index (χ2v) is 4.99.